The lowest BCUT2D eigenvalue weighted by Crippen LogP contribution is -2.44. The van der Waals surface area contributed by atoms with E-state index in [1.807, 2.05) is 0 Å². The van der Waals surface area contributed by atoms with Crippen molar-refractivity contribution in [3.05, 3.63) is 0 Å². The number of aliphatic carboxylic acids is 1. The number of hydrogen-bond donors (Lipinski definition) is 3. The first kappa shape index (κ1) is 18.1. The number of rotatable bonds is 10. The Morgan fingerprint density at radius 3 is 2.43 bits per heavy atom. The molecule has 0 spiro atoms. The highest BCUT2D eigenvalue weighted by Crippen LogP contribution is 2.35. The second-order valence-electron chi connectivity index (χ2n) is 6.76. The van der Waals surface area contributed by atoms with Crippen molar-refractivity contribution < 1.29 is 19.4 Å². The molecule has 0 aromatic heterocycles. The standard InChI is InChI=1S/C15H28N2O4/c1-9(2)14(10(3)4)21-8-15(16)6-12(15)17-11(7-18)5-13(19)20/h7,9-12,14,17H,5-6,8,16H2,1-4H3,(H,19,20)/t11-,12?,15?/m0/s1. The predicted molar refractivity (Wildman–Crippen MR) is 80.0 cm³/mol. The van der Waals surface area contributed by atoms with Crippen molar-refractivity contribution in [3.8, 4) is 0 Å². The minimum absolute atomic E-state index is 0.0629. The van der Waals surface area contributed by atoms with Crippen molar-refractivity contribution >= 4 is 12.3 Å². The van der Waals surface area contributed by atoms with Gasteiger partial charge in [0.1, 0.15) is 6.29 Å². The quantitative estimate of drug-likeness (QED) is 0.515. The summed E-state index contributed by atoms with van der Waals surface area (Å²) in [6.07, 6.45) is 1.24. The number of ether oxygens (including phenoxy) is 1. The molecular weight excluding hydrogens is 272 g/mol. The van der Waals surface area contributed by atoms with Gasteiger partial charge in [0.25, 0.3) is 0 Å². The molecule has 1 aliphatic carbocycles. The van der Waals surface area contributed by atoms with Crippen LogP contribution in [0.2, 0.25) is 0 Å². The fourth-order valence-electron chi connectivity index (χ4n) is 2.70. The third kappa shape index (κ3) is 5.37. The number of carbonyl (C=O) groups is 2. The zero-order chi connectivity index (χ0) is 16.2. The summed E-state index contributed by atoms with van der Waals surface area (Å²) in [6, 6.07) is -0.754. The number of carboxylic acids is 1. The molecular formula is C15H28N2O4. The van der Waals surface area contributed by atoms with Gasteiger partial charge in [0, 0.05) is 6.04 Å². The highest BCUT2D eigenvalue weighted by Gasteiger charge is 2.52. The van der Waals surface area contributed by atoms with Crippen LogP contribution in [0.15, 0.2) is 0 Å². The normalized spacial score (nSPS) is 26.4. The lowest BCUT2D eigenvalue weighted by atomic mass is 9.96. The molecule has 1 saturated carbocycles. The lowest BCUT2D eigenvalue weighted by molar-refractivity contribution is -0.138. The van der Waals surface area contributed by atoms with Crippen LogP contribution in [0, 0.1) is 11.8 Å². The van der Waals surface area contributed by atoms with Gasteiger partial charge in [0.15, 0.2) is 0 Å². The van der Waals surface area contributed by atoms with E-state index in [4.69, 9.17) is 15.6 Å². The Morgan fingerprint density at radius 1 is 1.43 bits per heavy atom. The van der Waals surface area contributed by atoms with Crippen LogP contribution in [-0.4, -0.2) is 47.7 Å². The summed E-state index contributed by atoms with van der Waals surface area (Å²) < 4.78 is 5.95. The van der Waals surface area contributed by atoms with Crippen LogP contribution < -0.4 is 11.1 Å². The Morgan fingerprint density at radius 2 is 2.00 bits per heavy atom. The zero-order valence-electron chi connectivity index (χ0n) is 13.3. The van der Waals surface area contributed by atoms with E-state index in [1.54, 1.807) is 0 Å². The maximum atomic E-state index is 10.9. The van der Waals surface area contributed by atoms with E-state index in [2.05, 4.69) is 33.0 Å². The number of nitrogens with one attached hydrogen (secondary N) is 1. The van der Waals surface area contributed by atoms with E-state index in [0.29, 0.717) is 31.1 Å². The monoisotopic (exact) mass is 300 g/mol. The Balaban J connectivity index is 2.44. The van der Waals surface area contributed by atoms with Crippen molar-refractivity contribution in [2.75, 3.05) is 6.61 Å². The minimum Gasteiger partial charge on any atom is -0.481 e. The zero-order valence-corrected chi connectivity index (χ0v) is 13.3. The number of hydrogen-bond acceptors (Lipinski definition) is 5. The van der Waals surface area contributed by atoms with E-state index in [1.165, 1.54) is 0 Å². The molecule has 0 aromatic rings. The number of carboxylic acid groups (broad SMARTS) is 1. The van der Waals surface area contributed by atoms with Gasteiger partial charge < -0.3 is 25.7 Å². The lowest BCUT2D eigenvalue weighted by Gasteiger charge is -2.27. The van der Waals surface area contributed by atoms with Crippen molar-refractivity contribution in [1.82, 2.24) is 5.32 Å². The number of aldehydes is 1. The van der Waals surface area contributed by atoms with Gasteiger partial charge in [-0.2, -0.15) is 0 Å². The molecule has 4 N–H and O–H groups in total. The van der Waals surface area contributed by atoms with Crippen LogP contribution >= 0.6 is 0 Å². The Hall–Kier alpha value is -0.980. The van der Waals surface area contributed by atoms with Gasteiger partial charge in [-0.1, -0.05) is 27.7 Å². The molecule has 2 unspecified atom stereocenters. The fourth-order valence-corrected chi connectivity index (χ4v) is 2.70. The average molecular weight is 300 g/mol. The molecule has 0 amide bonds. The van der Waals surface area contributed by atoms with Crippen LogP contribution in [0.1, 0.15) is 40.5 Å². The predicted octanol–water partition coefficient (Wildman–Crippen LogP) is 0.785. The van der Waals surface area contributed by atoms with Crippen molar-refractivity contribution in [1.29, 1.82) is 0 Å². The van der Waals surface area contributed by atoms with Gasteiger partial charge in [-0.3, -0.25) is 4.79 Å². The van der Waals surface area contributed by atoms with Crippen LogP contribution in [0.3, 0.4) is 0 Å². The first-order valence-corrected chi connectivity index (χ1v) is 7.53. The molecule has 0 aromatic carbocycles. The van der Waals surface area contributed by atoms with E-state index < -0.39 is 17.6 Å². The molecule has 1 fully saturated rings. The maximum Gasteiger partial charge on any atom is 0.305 e. The number of nitrogens with two attached hydrogens (primary N) is 1. The third-order valence-electron chi connectivity index (χ3n) is 3.95. The first-order chi connectivity index (χ1) is 9.69. The van der Waals surface area contributed by atoms with Crippen LogP contribution in [-0.2, 0) is 14.3 Å². The Bertz CT molecular complexity index is 365. The smallest absolute Gasteiger partial charge is 0.305 e. The molecule has 0 bridgehead atoms. The summed E-state index contributed by atoms with van der Waals surface area (Å²) in [5.74, 6) is -0.180. The SMILES string of the molecule is CC(C)C(OCC1(N)CC1N[C@H](C=O)CC(=O)O)C(C)C. The maximum absolute atomic E-state index is 10.9. The summed E-state index contributed by atoms with van der Waals surface area (Å²) >= 11 is 0. The molecule has 6 heteroatoms. The highest BCUT2D eigenvalue weighted by molar-refractivity contribution is 5.73. The van der Waals surface area contributed by atoms with Crippen LogP contribution in [0.4, 0.5) is 0 Å². The van der Waals surface area contributed by atoms with E-state index in [-0.39, 0.29) is 18.6 Å². The summed E-state index contributed by atoms with van der Waals surface area (Å²) in [4.78, 5) is 21.5. The molecule has 122 valence electrons. The molecule has 1 rings (SSSR count). The van der Waals surface area contributed by atoms with E-state index in [0.717, 1.165) is 0 Å². The summed E-state index contributed by atoms with van der Waals surface area (Å²) in [5.41, 5.74) is 5.72. The molecule has 3 atom stereocenters. The third-order valence-corrected chi connectivity index (χ3v) is 3.95. The molecule has 1 aliphatic rings. The van der Waals surface area contributed by atoms with Gasteiger partial charge in [-0.05, 0) is 18.3 Å². The molecule has 21 heavy (non-hydrogen) atoms. The second-order valence-corrected chi connectivity index (χ2v) is 6.76. The number of carbonyl (C=O) groups excluding carboxylic acids is 1. The molecule has 0 radical (unpaired) electrons. The minimum atomic E-state index is -1.00. The van der Waals surface area contributed by atoms with Crippen molar-refractivity contribution in [3.63, 3.8) is 0 Å². The average Bonchev–Trinajstić information content (AvgIpc) is 2.97. The molecule has 0 saturated heterocycles. The molecule has 0 aliphatic heterocycles. The largest absolute Gasteiger partial charge is 0.481 e. The van der Waals surface area contributed by atoms with Gasteiger partial charge in [-0.15, -0.1) is 0 Å². The summed E-state index contributed by atoms with van der Waals surface area (Å²) in [6.45, 7) is 8.89. The highest BCUT2D eigenvalue weighted by atomic mass is 16.5. The van der Waals surface area contributed by atoms with Gasteiger partial charge in [0.2, 0.25) is 0 Å². The summed E-state index contributed by atoms with van der Waals surface area (Å²) in [7, 11) is 0. The van der Waals surface area contributed by atoms with Crippen molar-refractivity contribution in [2.24, 2.45) is 17.6 Å². The van der Waals surface area contributed by atoms with Crippen LogP contribution in [0.25, 0.3) is 0 Å². The molecule has 0 heterocycles. The van der Waals surface area contributed by atoms with Gasteiger partial charge in [0.05, 0.1) is 30.7 Å². The second kappa shape index (κ2) is 7.33. The molecule has 6 nitrogen and oxygen atoms in total. The Labute approximate surface area is 126 Å². The van der Waals surface area contributed by atoms with E-state index in [9.17, 15) is 9.59 Å². The summed E-state index contributed by atoms with van der Waals surface area (Å²) in [5, 5.41) is 11.7. The van der Waals surface area contributed by atoms with Gasteiger partial charge in [-0.25, -0.2) is 0 Å². The first-order valence-electron chi connectivity index (χ1n) is 7.53. The van der Waals surface area contributed by atoms with E-state index >= 15 is 0 Å². The van der Waals surface area contributed by atoms with Crippen molar-refractivity contribution in [2.45, 2.75) is 64.3 Å². The Kier molecular flexibility index (Phi) is 6.31. The fraction of sp³-hybridized carbons (Fsp3) is 0.867. The topological polar surface area (TPSA) is 102 Å². The van der Waals surface area contributed by atoms with Crippen LogP contribution in [0.5, 0.6) is 0 Å². The van der Waals surface area contributed by atoms with Gasteiger partial charge >= 0.3 is 5.97 Å².